The van der Waals surface area contributed by atoms with Gasteiger partial charge in [-0.05, 0) is 11.4 Å². The Morgan fingerprint density at radius 1 is 1.59 bits per heavy atom. The van der Waals surface area contributed by atoms with Crippen LogP contribution in [0.2, 0.25) is 0 Å². The molecule has 2 N–H and O–H groups in total. The number of aliphatic hydroxyl groups excluding tert-OH is 1. The average molecular weight is 251 g/mol. The maximum atomic E-state index is 9.85. The summed E-state index contributed by atoms with van der Waals surface area (Å²) >= 11 is 1.58. The molecule has 0 saturated heterocycles. The lowest BCUT2D eigenvalue weighted by Crippen LogP contribution is -2.24. The van der Waals surface area contributed by atoms with Gasteiger partial charge in [-0.3, -0.25) is 0 Å². The summed E-state index contributed by atoms with van der Waals surface area (Å²) in [7, 11) is 1.99. The summed E-state index contributed by atoms with van der Waals surface area (Å²) in [5.74, 6) is 1.06. The van der Waals surface area contributed by atoms with E-state index < -0.39 is 6.10 Å². The lowest BCUT2D eigenvalue weighted by molar-refractivity contribution is 0.178. The summed E-state index contributed by atoms with van der Waals surface area (Å²) in [4.78, 5) is 5.25. The molecule has 0 spiro atoms. The Kier molecular flexibility index (Phi) is 4.30. The molecule has 1 atom stereocenters. The van der Waals surface area contributed by atoms with Crippen LogP contribution < -0.4 is 5.32 Å². The van der Waals surface area contributed by atoms with E-state index in [2.05, 4.69) is 10.3 Å². The minimum absolute atomic E-state index is 0.406. The van der Waals surface area contributed by atoms with Crippen LogP contribution in [0.15, 0.2) is 29.9 Å². The van der Waals surface area contributed by atoms with Gasteiger partial charge < -0.3 is 15.0 Å². The Balaban J connectivity index is 1.68. The van der Waals surface area contributed by atoms with Crippen molar-refractivity contribution in [2.75, 3.05) is 13.1 Å². The highest BCUT2D eigenvalue weighted by Gasteiger charge is 2.07. The van der Waals surface area contributed by atoms with Crippen molar-refractivity contribution in [3.63, 3.8) is 0 Å². The number of aryl methyl sites for hydroxylation is 1. The van der Waals surface area contributed by atoms with Gasteiger partial charge in [0.25, 0.3) is 0 Å². The summed E-state index contributed by atoms with van der Waals surface area (Å²) in [6, 6.07) is 3.91. The van der Waals surface area contributed by atoms with Crippen LogP contribution in [0.4, 0.5) is 0 Å². The predicted octanol–water partition coefficient (Wildman–Crippen LogP) is 1.35. The minimum Gasteiger partial charge on any atom is -0.386 e. The van der Waals surface area contributed by atoms with Crippen molar-refractivity contribution in [3.8, 4) is 0 Å². The Morgan fingerprint density at radius 3 is 3.12 bits per heavy atom. The van der Waals surface area contributed by atoms with E-state index in [1.54, 1.807) is 17.5 Å². The number of thiophene rings is 1. The Labute approximate surface area is 105 Å². The number of nitrogens with zero attached hydrogens (tertiary/aromatic N) is 2. The largest absolute Gasteiger partial charge is 0.386 e. The Bertz CT molecular complexity index is 438. The molecule has 0 radical (unpaired) electrons. The van der Waals surface area contributed by atoms with Gasteiger partial charge in [-0.2, -0.15) is 0 Å². The van der Waals surface area contributed by atoms with Gasteiger partial charge in [0.15, 0.2) is 0 Å². The van der Waals surface area contributed by atoms with Gasteiger partial charge in [0.2, 0.25) is 0 Å². The summed E-state index contributed by atoms with van der Waals surface area (Å²) in [6.07, 6.45) is 4.21. The van der Waals surface area contributed by atoms with E-state index in [4.69, 9.17) is 0 Å². The molecule has 92 valence electrons. The summed E-state index contributed by atoms with van der Waals surface area (Å²) in [6.45, 7) is 1.41. The molecule has 4 nitrogen and oxygen atoms in total. The zero-order valence-corrected chi connectivity index (χ0v) is 10.7. The molecule has 1 unspecified atom stereocenters. The van der Waals surface area contributed by atoms with E-state index in [0.717, 1.165) is 23.7 Å². The third-order valence-electron chi connectivity index (χ3n) is 2.66. The molecule has 0 aliphatic carbocycles. The van der Waals surface area contributed by atoms with Crippen molar-refractivity contribution >= 4 is 11.3 Å². The predicted molar refractivity (Wildman–Crippen MR) is 69.1 cm³/mol. The number of hydrogen-bond donors (Lipinski definition) is 2. The van der Waals surface area contributed by atoms with Crippen molar-refractivity contribution in [2.24, 2.45) is 7.05 Å². The second kappa shape index (κ2) is 5.95. The lowest BCUT2D eigenvalue weighted by Gasteiger charge is -2.09. The van der Waals surface area contributed by atoms with E-state index in [0.29, 0.717) is 6.54 Å². The highest BCUT2D eigenvalue weighted by Crippen LogP contribution is 2.17. The Morgan fingerprint density at radius 2 is 2.47 bits per heavy atom. The third-order valence-corrected chi connectivity index (χ3v) is 3.63. The first-order chi connectivity index (χ1) is 8.27. The quantitative estimate of drug-likeness (QED) is 0.762. The minimum atomic E-state index is -0.406. The fourth-order valence-electron chi connectivity index (χ4n) is 1.66. The van der Waals surface area contributed by atoms with Crippen LogP contribution in [0.25, 0.3) is 0 Å². The van der Waals surface area contributed by atoms with Crippen LogP contribution in [0.1, 0.15) is 16.8 Å². The van der Waals surface area contributed by atoms with Crippen molar-refractivity contribution in [1.29, 1.82) is 0 Å². The van der Waals surface area contributed by atoms with Gasteiger partial charge in [0, 0.05) is 43.8 Å². The first-order valence-corrected chi connectivity index (χ1v) is 6.53. The molecule has 0 bridgehead atoms. The van der Waals surface area contributed by atoms with Crippen LogP contribution in [0.3, 0.4) is 0 Å². The molecule has 2 aromatic rings. The third kappa shape index (κ3) is 3.39. The van der Waals surface area contributed by atoms with Gasteiger partial charge in [-0.15, -0.1) is 11.3 Å². The smallest absolute Gasteiger partial charge is 0.109 e. The van der Waals surface area contributed by atoms with E-state index in [9.17, 15) is 5.11 Å². The monoisotopic (exact) mass is 251 g/mol. The van der Waals surface area contributed by atoms with Crippen molar-refractivity contribution in [1.82, 2.24) is 14.9 Å². The van der Waals surface area contributed by atoms with Crippen molar-refractivity contribution < 1.29 is 5.11 Å². The van der Waals surface area contributed by atoms with Crippen LogP contribution in [0, 0.1) is 0 Å². The molecule has 0 amide bonds. The number of hydrogen-bond acceptors (Lipinski definition) is 4. The molecule has 0 aliphatic heterocycles. The van der Waals surface area contributed by atoms with Gasteiger partial charge in [0.1, 0.15) is 11.9 Å². The molecule has 0 saturated carbocycles. The maximum absolute atomic E-state index is 9.85. The molecular weight excluding hydrogens is 234 g/mol. The fourth-order valence-corrected chi connectivity index (χ4v) is 2.37. The van der Waals surface area contributed by atoms with Gasteiger partial charge in [-0.1, -0.05) is 6.07 Å². The maximum Gasteiger partial charge on any atom is 0.109 e. The number of aliphatic hydroxyl groups is 1. The van der Waals surface area contributed by atoms with Crippen LogP contribution in [-0.2, 0) is 13.5 Å². The van der Waals surface area contributed by atoms with E-state index in [-0.39, 0.29) is 0 Å². The fraction of sp³-hybridized carbons (Fsp3) is 0.417. The summed E-state index contributed by atoms with van der Waals surface area (Å²) in [5, 5.41) is 15.1. The SMILES string of the molecule is Cn1ccnc1CCNCC(O)c1cccs1. The molecule has 2 rings (SSSR count). The number of nitrogens with one attached hydrogen (secondary N) is 1. The highest BCUT2D eigenvalue weighted by molar-refractivity contribution is 7.10. The molecule has 17 heavy (non-hydrogen) atoms. The van der Waals surface area contributed by atoms with Crippen molar-refractivity contribution in [2.45, 2.75) is 12.5 Å². The molecule has 0 aromatic carbocycles. The summed E-state index contributed by atoms with van der Waals surface area (Å²) in [5.41, 5.74) is 0. The molecular formula is C12H17N3OS. The van der Waals surface area contributed by atoms with Crippen LogP contribution in [-0.4, -0.2) is 27.7 Å². The van der Waals surface area contributed by atoms with Crippen LogP contribution >= 0.6 is 11.3 Å². The van der Waals surface area contributed by atoms with Crippen LogP contribution in [0.5, 0.6) is 0 Å². The normalized spacial score (nSPS) is 12.8. The summed E-state index contributed by atoms with van der Waals surface area (Å²) < 4.78 is 2.01. The first-order valence-electron chi connectivity index (χ1n) is 5.66. The zero-order valence-electron chi connectivity index (χ0n) is 9.84. The standard InChI is InChI=1S/C12H17N3OS/c1-15-7-6-14-12(15)4-5-13-9-10(16)11-3-2-8-17-11/h2-3,6-8,10,13,16H,4-5,9H2,1H3. The molecule has 5 heteroatoms. The molecule has 2 aromatic heterocycles. The topological polar surface area (TPSA) is 50.1 Å². The lowest BCUT2D eigenvalue weighted by atomic mass is 10.3. The molecule has 0 aliphatic rings. The number of aromatic nitrogens is 2. The average Bonchev–Trinajstić information content (AvgIpc) is 2.96. The van der Waals surface area contributed by atoms with E-state index >= 15 is 0 Å². The highest BCUT2D eigenvalue weighted by atomic mass is 32.1. The number of imidazole rings is 1. The van der Waals surface area contributed by atoms with Gasteiger partial charge >= 0.3 is 0 Å². The molecule has 0 fully saturated rings. The molecule has 2 heterocycles. The Hall–Kier alpha value is -1.17. The van der Waals surface area contributed by atoms with Crippen molar-refractivity contribution in [3.05, 3.63) is 40.6 Å². The zero-order chi connectivity index (χ0) is 12.1. The van der Waals surface area contributed by atoms with Gasteiger partial charge in [0.05, 0.1) is 0 Å². The second-order valence-corrected chi connectivity index (χ2v) is 4.92. The first kappa shape index (κ1) is 12.3. The van der Waals surface area contributed by atoms with Gasteiger partial charge in [-0.25, -0.2) is 4.98 Å². The second-order valence-electron chi connectivity index (χ2n) is 3.94. The number of rotatable bonds is 6. The van der Waals surface area contributed by atoms with E-state index in [1.165, 1.54) is 0 Å². The van der Waals surface area contributed by atoms with E-state index in [1.807, 2.05) is 35.3 Å².